The first kappa shape index (κ1) is 21.8. The molecule has 1 aromatic carbocycles. The number of amides is 1. The van der Waals surface area contributed by atoms with Gasteiger partial charge >= 0.3 is 5.69 Å². The van der Waals surface area contributed by atoms with Crippen LogP contribution in [0.3, 0.4) is 0 Å². The average molecular weight is 459 g/mol. The lowest BCUT2D eigenvalue weighted by Crippen LogP contribution is -2.31. The number of pyridine rings is 2. The Labute approximate surface area is 195 Å². The average Bonchev–Trinajstić information content (AvgIpc) is 2.87. The fourth-order valence-corrected chi connectivity index (χ4v) is 4.61. The van der Waals surface area contributed by atoms with Crippen molar-refractivity contribution in [3.05, 3.63) is 69.3 Å². The molecule has 1 amide bonds. The van der Waals surface area contributed by atoms with Crippen LogP contribution in [0.25, 0.3) is 21.8 Å². The van der Waals surface area contributed by atoms with Gasteiger partial charge in [0.15, 0.2) is 0 Å². The molecular weight excluding hydrogens is 432 g/mol. The maximum Gasteiger partial charge on any atom is 0.329 e. The minimum Gasteiger partial charge on any atom is -0.371 e. The Morgan fingerprint density at radius 3 is 2.68 bits per heavy atom. The zero-order valence-corrected chi connectivity index (χ0v) is 19.0. The van der Waals surface area contributed by atoms with E-state index in [4.69, 9.17) is 0 Å². The van der Waals surface area contributed by atoms with Crippen molar-refractivity contribution in [2.45, 2.75) is 39.2 Å². The van der Waals surface area contributed by atoms with Crippen LogP contribution in [0.15, 0.2) is 52.4 Å². The van der Waals surface area contributed by atoms with Crippen LogP contribution >= 0.6 is 0 Å². The number of nitrogens with one attached hydrogen (secondary N) is 2. The van der Waals surface area contributed by atoms with E-state index in [0.29, 0.717) is 18.7 Å². The minimum absolute atomic E-state index is 0.202. The molecule has 3 aromatic heterocycles. The molecule has 0 saturated carbocycles. The highest BCUT2D eigenvalue weighted by atomic mass is 16.2. The molecule has 4 aromatic rings. The van der Waals surface area contributed by atoms with Gasteiger partial charge in [-0.1, -0.05) is 6.92 Å². The van der Waals surface area contributed by atoms with Crippen molar-refractivity contribution < 1.29 is 4.79 Å². The van der Waals surface area contributed by atoms with Crippen molar-refractivity contribution in [3.8, 4) is 0 Å². The predicted octanol–water partition coefficient (Wildman–Crippen LogP) is 3.29. The Bertz CT molecular complexity index is 1500. The van der Waals surface area contributed by atoms with E-state index in [-0.39, 0.29) is 16.6 Å². The normalized spacial score (nSPS) is 14.0. The first-order chi connectivity index (χ1) is 16.6. The molecule has 2 N–H and O–H groups in total. The summed E-state index contributed by atoms with van der Waals surface area (Å²) in [5.74, 6) is -0.391. The molecule has 5 rings (SSSR count). The third-order valence-electron chi connectivity index (χ3n) is 6.28. The first-order valence-electron chi connectivity index (χ1n) is 11.6. The van der Waals surface area contributed by atoms with Crippen LogP contribution in [0.1, 0.15) is 43.0 Å². The molecule has 0 radical (unpaired) electrons. The molecule has 0 unspecified atom stereocenters. The second-order valence-electron chi connectivity index (χ2n) is 8.56. The summed E-state index contributed by atoms with van der Waals surface area (Å²) in [7, 11) is 0. The van der Waals surface area contributed by atoms with Gasteiger partial charge in [0.1, 0.15) is 5.65 Å². The topological polar surface area (TPSA) is 113 Å². The van der Waals surface area contributed by atoms with E-state index < -0.39 is 17.2 Å². The van der Waals surface area contributed by atoms with E-state index in [1.807, 2.05) is 25.1 Å². The number of carbonyl (C=O) groups excluding carboxylic acids is 1. The summed E-state index contributed by atoms with van der Waals surface area (Å²) in [6.45, 7) is 4.39. The third kappa shape index (κ3) is 3.93. The Hall–Kier alpha value is -4.01. The second-order valence-corrected chi connectivity index (χ2v) is 8.56. The SMILES string of the molecule is CCCn1c(=O)[nH]c(=O)c2cc(C(=O)Nc3ccc(N4CCCCC4)c4ccncc34)cnc21. The van der Waals surface area contributed by atoms with Gasteiger partial charge in [0.05, 0.1) is 16.6 Å². The molecule has 1 saturated heterocycles. The highest BCUT2D eigenvalue weighted by molar-refractivity contribution is 6.11. The highest BCUT2D eigenvalue weighted by Crippen LogP contribution is 2.33. The number of carbonyl (C=O) groups is 1. The zero-order valence-electron chi connectivity index (χ0n) is 19.0. The standard InChI is InChI=1S/C25H26N6O3/c1-2-10-31-22-18(24(33)29-25(31)34)13-16(14-27-22)23(32)28-20-6-7-21(30-11-4-3-5-12-30)17-8-9-26-15-19(17)20/h6-9,13-15H,2-5,10-12H2,1H3,(H,28,32)(H,29,33,34). The molecule has 1 aliphatic rings. The summed E-state index contributed by atoms with van der Waals surface area (Å²) in [6.07, 6.45) is 9.21. The molecule has 1 fully saturated rings. The lowest BCUT2D eigenvalue weighted by Gasteiger charge is -2.30. The van der Waals surface area contributed by atoms with Gasteiger partial charge in [0.2, 0.25) is 0 Å². The number of hydrogen-bond acceptors (Lipinski definition) is 6. The molecule has 0 bridgehead atoms. The van der Waals surface area contributed by atoms with Gasteiger partial charge < -0.3 is 10.2 Å². The second kappa shape index (κ2) is 9.09. The lowest BCUT2D eigenvalue weighted by atomic mass is 10.0. The third-order valence-corrected chi connectivity index (χ3v) is 6.28. The largest absolute Gasteiger partial charge is 0.371 e. The number of piperidine rings is 1. The first-order valence-corrected chi connectivity index (χ1v) is 11.6. The molecule has 9 nitrogen and oxygen atoms in total. The smallest absolute Gasteiger partial charge is 0.329 e. The quantitative estimate of drug-likeness (QED) is 0.475. The van der Waals surface area contributed by atoms with Gasteiger partial charge in [-0.05, 0) is 49.9 Å². The van der Waals surface area contributed by atoms with E-state index in [1.54, 1.807) is 12.4 Å². The molecule has 34 heavy (non-hydrogen) atoms. The molecule has 9 heteroatoms. The number of aromatic amines is 1. The number of aryl methyl sites for hydroxylation is 1. The lowest BCUT2D eigenvalue weighted by molar-refractivity contribution is 0.102. The van der Waals surface area contributed by atoms with Crippen LogP contribution in [0.4, 0.5) is 11.4 Å². The van der Waals surface area contributed by atoms with Crippen LogP contribution in [0.5, 0.6) is 0 Å². The number of rotatable bonds is 5. The van der Waals surface area contributed by atoms with Gasteiger partial charge in [0.25, 0.3) is 11.5 Å². The molecule has 174 valence electrons. The van der Waals surface area contributed by atoms with E-state index in [9.17, 15) is 14.4 Å². The number of nitrogens with zero attached hydrogens (tertiary/aromatic N) is 4. The number of aromatic nitrogens is 4. The molecular formula is C25H26N6O3. The van der Waals surface area contributed by atoms with Crippen molar-refractivity contribution in [1.29, 1.82) is 0 Å². The fraction of sp³-hybridized carbons (Fsp3) is 0.320. The van der Waals surface area contributed by atoms with Gasteiger partial charge in [-0.3, -0.25) is 24.1 Å². The van der Waals surface area contributed by atoms with Crippen molar-refractivity contribution in [1.82, 2.24) is 19.5 Å². The maximum atomic E-state index is 13.1. The summed E-state index contributed by atoms with van der Waals surface area (Å²) in [6, 6.07) is 7.38. The molecule has 1 aliphatic heterocycles. The van der Waals surface area contributed by atoms with E-state index in [1.165, 1.54) is 36.1 Å². The molecule has 4 heterocycles. The Morgan fingerprint density at radius 1 is 1.06 bits per heavy atom. The van der Waals surface area contributed by atoms with Gasteiger partial charge in [-0.2, -0.15) is 0 Å². The van der Waals surface area contributed by atoms with E-state index in [0.717, 1.165) is 29.5 Å². The number of benzene rings is 1. The Kier molecular flexibility index (Phi) is 5.83. The van der Waals surface area contributed by atoms with Gasteiger partial charge in [-0.15, -0.1) is 0 Å². The van der Waals surface area contributed by atoms with E-state index >= 15 is 0 Å². The van der Waals surface area contributed by atoms with Crippen molar-refractivity contribution >= 4 is 39.1 Å². The van der Waals surface area contributed by atoms with Crippen LogP contribution < -0.4 is 21.5 Å². The fourth-order valence-electron chi connectivity index (χ4n) is 4.61. The number of fused-ring (bicyclic) bond motifs is 2. The zero-order chi connectivity index (χ0) is 23.7. The maximum absolute atomic E-state index is 13.1. The van der Waals surface area contributed by atoms with Gasteiger partial charge in [-0.25, -0.2) is 9.78 Å². The Balaban J connectivity index is 1.50. The summed E-state index contributed by atoms with van der Waals surface area (Å²) >= 11 is 0. The number of hydrogen-bond donors (Lipinski definition) is 2. The summed E-state index contributed by atoms with van der Waals surface area (Å²) in [5.41, 5.74) is 1.22. The van der Waals surface area contributed by atoms with Crippen LogP contribution in [0, 0.1) is 0 Å². The van der Waals surface area contributed by atoms with Crippen LogP contribution in [-0.2, 0) is 6.54 Å². The summed E-state index contributed by atoms with van der Waals surface area (Å²) in [5, 5.41) is 5.03. The summed E-state index contributed by atoms with van der Waals surface area (Å²) < 4.78 is 1.41. The number of H-pyrrole nitrogens is 1. The minimum atomic E-state index is -0.560. The molecule has 0 atom stereocenters. The van der Waals surface area contributed by atoms with Crippen LogP contribution in [0.2, 0.25) is 0 Å². The summed E-state index contributed by atoms with van der Waals surface area (Å²) in [4.78, 5) is 50.9. The van der Waals surface area contributed by atoms with Gasteiger partial charge in [0, 0.05) is 54.7 Å². The van der Waals surface area contributed by atoms with Crippen molar-refractivity contribution in [2.24, 2.45) is 0 Å². The molecule has 0 spiro atoms. The predicted molar refractivity (Wildman–Crippen MR) is 133 cm³/mol. The van der Waals surface area contributed by atoms with Crippen molar-refractivity contribution in [2.75, 3.05) is 23.3 Å². The van der Waals surface area contributed by atoms with E-state index in [2.05, 4.69) is 25.2 Å². The monoisotopic (exact) mass is 458 g/mol. The molecule has 0 aliphatic carbocycles. The van der Waals surface area contributed by atoms with Crippen LogP contribution in [-0.4, -0.2) is 38.5 Å². The van der Waals surface area contributed by atoms with Crippen molar-refractivity contribution in [3.63, 3.8) is 0 Å². The highest BCUT2D eigenvalue weighted by Gasteiger charge is 2.17. The Morgan fingerprint density at radius 2 is 1.88 bits per heavy atom. The number of anilines is 2.